The summed E-state index contributed by atoms with van der Waals surface area (Å²) in [6, 6.07) is 8.83. The Kier molecular flexibility index (Phi) is 4.14. The zero-order valence-corrected chi connectivity index (χ0v) is 15.8. The van der Waals surface area contributed by atoms with Crippen LogP contribution < -0.4 is 15.0 Å². The van der Waals surface area contributed by atoms with Crippen molar-refractivity contribution in [3.8, 4) is 22.9 Å². The Bertz CT molecular complexity index is 1050. The first-order valence-electron chi connectivity index (χ1n) is 9.66. The number of methoxy groups -OCH3 is 1. The number of hydrogen-bond donors (Lipinski definition) is 1. The van der Waals surface area contributed by atoms with Crippen LogP contribution in [-0.2, 0) is 0 Å². The first-order valence-corrected chi connectivity index (χ1v) is 9.66. The molecular weight excluding hydrogens is 352 g/mol. The lowest BCUT2D eigenvalue weighted by Crippen LogP contribution is -2.44. The van der Waals surface area contributed by atoms with E-state index in [0.29, 0.717) is 28.8 Å². The van der Waals surface area contributed by atoms with Crippen molar-refractivity contribution < 1.29 is 4.74 Å². The van der Waals surface area contributed by atoms with Crippen LogP contribution in [0.25, 0.3) is 16.6 Å². The first-order chi connectivity index (χ1) is 13.8. The summed E-state index contributed by atoms with van der Waals surface area (Å²) in [5.41, 5.74) is 3.14. The van der Waals surface area contributed by atoms with E-state index in [1.807, 2.05) is 18.5 Å². The number of nitriles is 1. The van der Waals surface area contributed by atoms with E-state index in [-0.39, 0.29) is 0 Å². The third-order valence-corrected chi connectivity index (χ3v) is 5.91. The SMILES string of the molecule is COc1cc(-c2ccc(N3CC4CCC3CNC4)nc2)cn2ncc(C#N)c12. The smallest absolute Gasteiger partial charge is 0.146 e. The number of nitrogens with one attached hydrogen (secondary N) is 1. The van der Waals surface area contributed by atoms with E-state index >= 15 is 0 Å². The van der Waals surface area contributed by atoms with Gasteiger partial charge in [0.2, 0.25) is 0 Å². The molecule has 142 valence electrons. The molecule has 2 unspecified atom stereocenters. The predicted octanol–water partition coefficient (Wildman–Crippen LogP) is 2.46. The first kappa shape index (κ1) is 17.0. The molecule has 6 heterocycles. The lowest BCUT2D eigenvalue weighted by atomic mass is 9.95. The second kappa shape index (κ2) is 6.80. The van der Waals surface area contributed by atoms with Crippen molar-refractivity contribution in [2.75, 3.05) is 31.6 Å². The monoisotopic (exact) mass is 374 g/mol. The molecule has 0 spiro atoms. The van der Waals surface area contributed by atoms with Gasteiger partial charge in [-0.05, 0) is 43.5 Å². The maximum atomic E-state index is 9.27. The molecule has 2 bridgehead atoms. The van der Waals surface area contributed by atoms with E-state index in [0.717, 1.165) is 36.6 Å². The summed E-state index contributed by atoms with van der Waals surface area (Å²) >= 11 is 0. The van der Waals surface area contributed by atoms with Crippen molar-refractivity contribution in [3.05, 3.63) is 42.4 Å². The molecular formula is C21H22N6O. The van der Waals surface area contributed by atoms with Crippen LogP contribution in [0.2, 0.25) is 0 Å². The molecule has 0 aromatic carbocycles. The van der Waals surface area contributed by atoms with E-state index in [4.69, 9.17) is 9.72 Å². The average molecular weight is 374 g/mol. The zero-order chi connectivity index (χ0) is 19.1. The summed E-state index contributed by atoms with van der Waals surface area (Å²) in [7, 11) is 1.61. The van der Waals surface area contributed by atoms with E-state index in [2.05, 4.69) is 33.5 Å². The number of pyridine rings is 2. The van der Waals surface area contributed by atoms with Gasteiger partial charge in [0.15, 0.2) is 0 Å². The summed E-state index contributed by atoms with van der Waals surface area (Å²) < 4.78 is 7.20. The summed E-state index contributed by atoms with van der Waals surface area (Å²) in [6.07, 6.45) is 7.92. The van der Waals surface area contributed by atoms with E-state index < -0.39 is 0 Å². The number of fused-ring (bicyclic) bond motifs is 5. The molecule has 3 fully saturated rings. The highest BCUT2D eigenvalue weighted by atomic mass is 16.5. The second-order valence-electron chi connectivity index (χ2n) is 7.57. The molecule has 28 heavy (non-hydrogen) atoms. The molecule has 3 aliphatic heterocycles. The average Bonchev–Trinajstić information content (AvgIpc) is 2.90. The third-order valence-electron chi connectivity index (χ3n) is 5.91. The largest absolute Gasteiger partial charge is 0.494 e. The number of rotatable bonds is 3. The van der Waals surface area contributed by atoms with Gasteiger partial charge in [-0.15, -0.1) is 0 Å². The zero-order valence-electron chi connectivity index (χ0n) is 15.8. The van der Waals surface area contributed by atoms with Crippen LogP contribution in [0.1, 0.15) is 18.4 Å². The minimum Gasteiger partial charge on any atom is -0.494 e. The minimum atomic E-state index is 0.502. The molecule has 3 aliphatic rings. The molecule has 1 N–H and O–H groups in total. The van der Waals surface area contributed by atoms with Crippen LogP contribution in [0.3, 0.4) is 0 Å². The van der Waals surface area contributed by atoms with Gasteiger partial charge in [0.25, 0.3) is 0 Å². The molecule has 3 aromatic heterocycles. The molecule has 6 rings (SSSR count). The highest BCUT2D eigenvalue weighted by Crippen LogP contribution is 2.32. The molecule has 0 saturated carbocycles. The number of ether oxygens (including phenoxy) is 1. The molecule has 3 aromatic rings. The molecule has 2 atom stereocenters. The Morgan fingerprint density at radius 2 is 2.14 bits per heavy atom. The standard InChI is InChI=1S/C21H22N6O/c1-28-19-6-16(13-27-21(19)17(7-22)10-25-27)15-3-5-20(24-9-15)26-12-14-2-4-18(26)11-23-8-14/h3,5-6,9-10,13-14,18,23H,2,4,8,11-12H2,1H3. The summed E-state index contributed by atoms with van der Waals surface area (Å²) in [5, 5.41) is 17.1. The van der Waals surface area contributed by atoms with Crippen molar-refractivity contribution in [2.45, 2.75) is 18.9 Å². The molecule has 7 nitrogen and oxygen atoms in total. The summed E-state index contributed by atoms with van der Waals surface area (Å²) in [6.45, 7) is 3.22. The van der Waals surface area contributed by atoms with Crippen molar-refractivity contribution in [3.63, 3.8) is 0 Å². The molecule has 0 amide bonds. The lowest BCUT2D eigenvalue weighted by Gasteiger charge is -2.37. The molecule has 7 heteroatoms. The highest BCUT2D eigenvalue weighted by molar-refractivity contribution is 5.75. The van der Waals surface area contributed by atoms with Crippen LogP contribution in [0.15, 0.2) is 36.8 Å². The fourth-order valence-electron chi connectivity index (χ4n) is 4.42. The highest BCUT2D eigenvalue weighted by Gasteiger charge is 2.31. The Hall–Kier alpha value is -3.11. The fourth-order valence-corrected chi connectivity index (χ4v) is 4.42. The molecule has 3 saturated heterocycles. The molecule has 0 radical (unpaired) electrons. The van der Waals surface area contributed by atoms with Gasteiger partial charge in [-0.3, -0.25) is 0 Å². The van der Waals surface area contributed by atoms with E-state index in [9.17, 15) is 5.26 Å². The van der Waals surface area contributed by atoms with Crippen LogP contribution in [0, 0.1) is 17.2 Å². The van der Waals surface area contributed by atoms with Gasteiger partial charge in [0, 0.05) is 42.7 Å². The number of hydrogen-bond acceptors (Lipinski definition) is 6. The van der Waals surface area contributed by atoms with Crippen molar-refractivity contribution in [1.82, 2.24) is 19.9 Å². The van der Waals surface area contributed by atoms with E-state index in [1.165, 1.54) is 12.8 Å². The Morgan fingerprint density at radius 3 is 2.93 bits per heavy atom. The topological polar surface area (TPSA) is 78.5 Å². The van der Waals surface area contributed by atoms with Gasteiger partial charge >= 0.3 is 0 Å². The summed E-state index contributed by atoms with van der Waals surface area (Å²) in [4.78, 5) is 7.22. The Balaban J connectivity index is 1.48. The van der Waals surface area contributed by atoms with Crippen molar-refractivity contribution in [1.29, 1.82) is 5.26 Å². The third kappa shape index (κ3) is 2.77. The van der Waals surface area contributed by atoms with Crippen molar-refractivity contribution >= 4 is 11.3 Å². The van der Waals surface area contributed by atoms with E-state index in [1.54, 1.807) is 17.8 Å². The Morgan fingerprint density at radius 1 is 1.21 bits per heavy atom. The predicted molar refractivity (Wildman–Crippen MR) is 106 cm³/mol. The fraction of sp³-hybridized carbons (Fsp3) is 0.381. The van der Waals surface area contributed by atoms with Gasteiger partial charge in [-0.25, -0.2) is 9.50 Å². The number of piperidine rings is 1. The quantitative estimate of drug-likeness (QED) is 0.759. The summed E-state index contributed by atoms with van der Waals surface area (Å²) in [5.74, 6) is 2.38. The van der Waals surface area contributed by atoms with Gasteiger partial charge in [0.1, 0.15) is 28.7 Å². The maximum absolute atomic E-state index is 9.27. The van der Waals surface area contributed by atoms with Gasteiger partial charge < -0.3 is 15.0 Å². The Labute approximate surface area is 163 Å². The number of anilines is 1. The van der Waals surface area contributed by atoms with Crippen LogP contribution in [0.5, 0.6) is 5.75 Å². The van der Waals surface area contributed by atoms with Crippen molar-refractivity contribution in [2.24, 2.45) is 5.92 Å². The number of aromatic nitrogens is 3. The van der Waals surface area contributed by atoms with Crippen LogP contribution in [0.4, 0.5) is 5.82 Å². The van der Waals surface area contributed by atoms with Gasteiger partial charge in [-0.1, -0.05) is 0 Å². The second-order valence-corrected chi connectivity index (χ2v) is 7.57. The maximum Gasteiger partial charge on any atom is 0.146 e. The lowest BCUT2D eigenvalue weighted by molar-refractivity contribution is 0.404. The number of nitrogens with zero attached hydrogens (tertiary/aromatic N) is 5. The normalized spacial score (nSPS) is 21.5. The van der Waals surface area contributed by atoms with Crippen LogP contribution >= 0.6 is 0 Å². The minimum absolute atomic E-state index is 0.502. The molecule has 0 aliphatic carbocycles. The van der Waals surface area contributed by atoms with Crippen LogP contribution in [-0.4, -0.2) is 47.4 Å². The van der Waals surface area contributed by atoms with Gasteiger partial charge in [-0.2, -0.15) is 10.4 Å². The van der Waals surface area contributed by atoms with Gasteiger partial charge in [0.05, 0.1) is 13.3 Å².